The minimum absolute atomic E-state index is 0.0194. The number of hydrogen-bond acceptors (Lipinski definition) is 22. The third kappa shape index (κ3) is 9.44. The quantitative estimate of drug-likeness (QED) is 0.0746. The molecule has 4 aliphatic heterocycles. The monoisotopic (exact) mass is 1080 g/mol. The average Bonchev–Trinajstić information content (AvgIpc) is 3.46. The van der Waals surface area contributed by atoms with Crippen LogP contribution in [0.1, 0.15) is 106 Å². The van der Waals surface area contributed by atoms with Crippen molar-refractivity contribution in [2.75, 3.05) is 33.0 Å². The molecule has 9 rings (SSSR count). The maximum absolute atomic E-state index is 12.5. The van der Waals surface area contributed by atoms with Crippen molar-refractivity contribution in [3.63, 3.8) is 0 Å². The zero-order valence-corrected chi connectivity index (χ0v) is 44.4. The summed E-state index contributed by atoms with van der Waals surface area (Å²) in [6.07, 6.45) is -23.7. The molecule has 8 fully saturated rings. The molecule has 5 aliphatic carbocycles. The summed E-state index contributed by atoms with van der Waals surface area (Å²) in [7, 11) is 0. The highest BCUT2D eigenvalue weighted by atomic mass is 16.8. The van der Waals surface area contributed by atoms with E-state index in [4.69, 9.17) is 37.9 Å². The van der Waals surface area contributed by atoms with E-state index in [0.717, 1.165) is 44.9 Å². The number of aliphatic hydroxyl groups excluding tert-OH is 14. The summed E-state index contributed by atoms with van der Waals surface area (Å²) in [5.41, 5.74) is -1.21. The van der Waals surface area contributed by atoms with Crippen molar-refractivity contribution in [2.24, 2.45) is 50.2 Å². The molecule has 0 aromatic heterocycles. The lowest BCUT2D eigenvalue weighted by molar-refractivity contribution is -0.394. The Morgan fingerprint density at radius 1 is 0.560 bits per heavy atom. The molecule has 4 saturated carbocycles. The molecule has 14 N–H and O–H groups in total. The van der Waals surface area contributed by atoms with Gasteiger partial charge in [0.1, 0.15) is 85.5 Å². The van der Waals surface area contributed by atoms with E-state index in [1.807, 2.05) is 0 Å². The van der Waals surface area contributed by atoms with Crippen LogP contribution in [-0.4, -0.2) is 233 Å². The van der Waals surface area contributed by atoms with Gasteiger partial charge in [-0.25, -0.2) is 0 Å². The highest BCUT2D eigenvalue weighted by molar-refractivity contribution is 5.36. The van der Waals surface area contributed by atoms with Crippen molar-refractivity contribution >= 4 is 0 Å². The molecule has 22 heteroatoms. The van der Waals surface area contributed by atoms with E-state index in [9.17, 15) is 71.5 Å². The van der Waals surface area contributed by atoms with Gasteiger partial charge >= 0.3 is 0 Å². The van der Waals surface area contributed by atoms with E-state index >= 15 is 0 Å². The van der Waals surface area contributed by atoms with Crippen molar-refractivity contribution in [1.29, 1.82) is 0 Å². The first kappa shape index (κ1) is 58.5. The lowest BCUT2D eigenvalue weighted by atomic mass is 9.33. The molecule has 22 nitrogen and oxygen atoms in total. The van der Waals surface area contributed by atoms with Gasteiger partial charge in [0, 0.05) is 24.0 Å². The molecule has 432 valence electrons. The summed E-state index contributed by atoms with van der Waals surface area (Å²) in [6.45, 7) is 12.8. The Kier molecular flexibility index (Phi) is 16.6. The van der Waals surface area contributed by atoms with E-state index in [-0.39, 0.29) is 47.2 Å². The topological polar surface area (TPSA) is 357 Å². The van der Waals surface area contributed by atoms with Crippen LogP contribution in [0, 0.1) is 50.2 Å². The predicted molar refractivity (Wildman–Crippen MR) is 258 cm³/mol. The molecule has 75 heavy (non-hydrogen) atoms. The first-order valence-corrected chi connectivity index (χ1v) is 27.3. The van der Waals surface area contributed by atoms with Crippen molar-refractivity contribution in [3.05, 3.63) is 11.6 Å². The van der Waals surface area contributed by atoms with Crippen LogP contribution in [0.15, 0.2) is 11.6 Å². The Labute approximate surface area is 438 Å². The number of aliphatic hydroxyl groups is 14. The van der Waals surface area contributed by atoms with Crippen molar-refractivity contribution in [2.45, 2.75) is 235 Å². The fourth-order valence-corrected chi connectivity index (χ4v) is 16.4. The Hall–Kier alpha value is -1.14. The van der Waals surface area contributed by atoms with Gasteiger partial charge in [0.2, 0.25) is 0 Å². The zero-order valence-electron chi connectivity index (χ0n) is 44.4. The predicted octanol–water partition coefficient (Wildman–Crippen LogP) is -1.95. The van der Waals surface area contributed by atoms with Gasteiger partial charge in [0.15, 0.2) is 25.2 Å². The highest BCUT2D eigenvalue weighted by Gasteiger charge is 2.71. The first-order chi connectivity index (χ1) is 35.2. The second-order valence-corrected chi connectivity index (χ2v) is 25.8. The van der Waals surface area contributed by atoms with Gasteiger partial charge in [-0.1, -0.05) is 53.2 Å². The van der Waals surface area contributed by atoms with Gasteiger partial charge in [-0.05, 0) is 104 Å². The minimum atomic E-state index is -1.90. The van der Waals surface area contributed by atoms with Crippen LogP contribution in [0.4, 0.5) is 0 Å². The Morgan fingerprint density at radius 3 is 1.79 bits per heavy atom. The number of rotatable bonds is 12. The highest BCUT2D eigenvalue weighted by Crippen LogP contribution is 2.76. The Balaban J connectivity index is 0.975. The molecule has 0 amide bonds. The van der Waals surface area contributed by atoms with Crippen LogP contribution in [-0.2, 0) is 37.9 Å². The zero-order chi connectivity index (χ0) is 54.7. The summed E-state index contributed by atoms with van der Waals surface area (Å²) in [5.74, 6) is 0.268. The Bertz CT molecular complexity index is 2020. The summed E-state index contributed by atoms with van der Waals surface area (Å²) in [4.78, 5) is 0. The van der Waals surface area contributed by atoms with Gasteiger partial charge in [-0.15, -0.1) is 0 Å². The molecule has 29 atom stereocenters. The molecule has 0 radical (unpaired) electrons. The molecule has 0 bridgehead atoms. The molecule has 0 aromatic rings. The van der Waals surface area contributed by atoms with Gasteiger partial charge in [-0.2, -0.15) is 0 Å². The SMILES string of the molecule is C[C@@H]1O[C@@H](O[C@H]2[C@H](O[C@H]3CO[C@@H](O[C@H]4CC[C@]5(C)[C@H]6CC=C7[C@@H]8C[C@@](C)(CO)CC[C@]8(CO)C[C@H](O)[C@@]7(C)[C@]6(C)CC[C@H]5C4(C)C)[C@H](O[C@@H]4O[C@H](CO)[C@@H](O)[C@H](O)[C@H]4O)[C@H]3O)O[C@H](CO)[C@@H](O)[C@@H]2O)[C@H](O)[C@H](O)[C@H]1O. The van der Waals surface area contributed by atoms with Gasteiger partial charge in [0.05, 0.1) is 38.1 Å². The van der Waals surface area contributed by atoms with Crippen molar-refractivity contribution < 1.29 is 109 Å². The van der Waals surface area contributed by atoms with Gasteiger partial charge in [0.25, 0.3) is 0 Å². The number of fused-ring (bicyclic) bond motifs is 7. The summed E-state index contributed by atoms with van der Waals surface area (Å²) >= 11 is 0. The summed E-state index contributed by atoms with van der Waals surface area (Å²) < 4.78 is 49.0. The lowest BCUT2D eigenvalue weighted by Crippen LogP contribution is -2.68. The second kappa shape index (κ2) is 21.3. The van der Waals surface area contributed by atoms with Gasteiger partial charge in [-0.3, -0.25) is 0 Å². The molecular weight excluding hydrogens is 989 g/mol. The molecule has 9 aliphatic rings. The fourth-order valence-electron chi connectivity index (χ4n) is 16.4. The standard InChI is InChI=1S/C53H88O22/c1-23-33(59)37(63)40(66)44(69-23)75-43-39(65)35(61)27(19-55)71-47(43)72-28-20-68-46(42(36(28)62)74-45-41(67)38(64)34(60)26(18-54)70-45)73-32-11-12-50(5)29(48(32,2)3)10-13-51(6)30(50)9-8-24-25-16-49(4,21-56)14-15-53(25,22-57)17-31(58)52(24,51)7/h8,23,25-47,54-67H,9-22H2,1-7H3/t23-,25-,26+,27+,28-,29-,30+,31-,32-,33-,34+,35+,36-,37+,38-,39-,40+,41+,42+,43+,44-,45-,46-,47-,49-,50-,51+,52-,53+/m0/s1. The number of ether oxygens (including phenoxy) is 8. The summed E-state index contributed by atoms with van der Waals surface area (Å²) in [6, 6.07) is 0. The maximum Gasteiger partial charge on any atom is 0.187 e. The van der Waals surface area contributed by atoms with E-state index in [2.05, 4.69) is 47.6 Å². The van der Waals surface area contributed by atoms with Crippen LogP contribution in [0.5, 0.6) is 0 Å². The van der Waals surface area contributed by atoms with Crippen molar-refractivity contribution in [3.8, 4) is 0 Å². The number of allylic oxidation sites excluding steroid dienone is 1. The third-order valence-electron chi connectivity index (χ3n) is 21.4. The maximum atomic E-state index is 12.5. The molecule has 0 aromatic carbocycles. The average molecular weight is 1080 g/mol. The molecule has 0 unspecified atom stereocenters. The van der Waals surface area contributed by atoms with Crippen LogP contribution >= 0.6 is 0 Å². The largest absolute Gasteiger partial charge is 0.396 e. The smallest absolute Gasteiger partial charge is 0.187 e. The van der Waals surface area contributed by atoms with Crippen LogP contribution in [0.2, 0.25) is 0 Å². The van der Waals surface area contributed by atoms with Crippen LogP contribution in [0.3, 0.4) is 0 Å². The second-order valence-electron chi connectivity index (χ2n) is 25.8. The normalized spacial score (nSPS) is 55.9. The Morgan fingerprint density at radius 2 is 1.16 bits per heavy atom. The van der Waals surface area contributed by atoms with Crippen LogP contribution < -0.4 is 0 Å². The van der Waals surface area contributed by atoms with Gasteiger partial charge < -0.3 is 109 Å². The lowest BCUT2D eigenvalue weighted by Gasteiger charge is -2.72. The van der Waals surface area contributed by atoms with E-state index < -0.39 is 165 Å². The summed E-state index contributed by atoms with van der Waals surface area (Å²) in [5, 5.41) is 153. The third-order valence-corrected chi connectivity index (χ3v) is 21.4. The molecular formula is C53H88O22. The van der Waals surface area contributed by atoms with E-state index in [1.54, 1.807) is 0 Å². The minimum Gasteiger partial charge on any atom is -0.396 e. The van der Waals surface area contributed by atoms with Crippen LogP contribution in [0.25, 0.3) is 0 Å². The molecule has 0 spiro atoms. The molecule has 4 saturated heterocycles. The van der Waals surface area contributed by atoms with E-state index in [1.165, 1.54) is 12.5 Å². The van der Waals surface area contributed by atoms with E-state index in [0.29, 0.717) is 12.8 Å². The molecule has 4 heterocycles. The fraction of sp³-hybridized carbons (Fsp3) is 0.962. The van der Waals surface area contributed by atoms with Crippen molar-refractivity contribution in [1.82, 2.24) is 0 Å². The number of hydrogen-bond donors (Lipinski definition) is 14. The first-order valence-electron chi connectivity index (χ1n) is 27.3.